The topological polar surface area (TPSA) is 54.3 Å². The molecule has 1 aromatic rings. The molecule has 0 atom stereocenters. The summed E-state index contributed by atoms with van der Waals surface area (Å²) in [6, 6.07) is 4.08. The standard InChI is InChI=1S/C16H22N2O2/c19-16(17-9-14-2-1-3-20-14)18-15-12-5-10-4-11(7-12)8-13(15)6-10/h1-3,10-13,15H,4-9H2,(H2,17,18,19). The molecule has 108 valence electrons. The minimum atomic E-state index is -0.0427. The van der Waals surface area contributed by atoms with E-state index in [1.807, 2.05) is 12.1 Å². The number of furan rings is 1. The van der Waals surface area contributed by atoms with Crippen molar-refractivity contribution in [2.75, 3.05) is 0 Å². The predicted molar refractivity (Wildman–Crippen MR) is 74.9 cm³/mol. The molecule has 5 rings (SSSR count). The number of carbonyl (C=O) groups is 1. The summed E-state index contributed by atoms with van der Waals surface area (Å²) in [5, 5.41) is 6.13. The van der Waals surface area contributed by atoms with Crippen LogP contribution in [0.25, 0.3) is 0 Å². The van der Waals surface area contributed by atoms with Gasteiger partial charge in [0.1, 0.15) is 5.76 Å². The largest absolute Gasteiger partial charge is 0.467 e. The molecule has 4 fully saturated rings. The lowest BCUT2D eigenvalue weighted by molar-refractivity contribution is -0.00944. The van der Waals surface area contributed by atoms with E-state index in [-0.39, 0.29) is 6.03 Å². The maximum Gasteiger partial charge on any atom is 0.315 e. The number of urea groups is 1. The Morgan fingerprint density at radius 2 is 1.85 bits per heavy atom. The molecule has 0 aromatic carbocycles. The van der Waals surface area contributed by atoms with Gasteiger partial charge in [-0.15, -0.1) is 0 Å². The second-order valence-electron chi connectivity index (χ2n) is 6.86. The molecule has 0 aliphatic heterocycles. The monoisotopic (exact) mass is 274 g/mol. The number of hydrogen-bond acceptors (Lipinski definition) is 2. The van der Waals surface area contributed by atoms with Crippen molar-refractivity contribution in [3.63, 3.8) is 0 Å². The molecule has 1 aromatic heterocycles. The summed E-state index contributed by atoms with van der Waals surface area (Å²) in [6.07, 6.45) is 8.40. The Kier molecular flexibility index (Phi) is 2.97. The Labute approximate surface area is 119 Å². The molecule has 2 N–H and O–H groups in total. The molecule has 0 unspecified atom stereocenters. The number of carbonyl (C=O) groups excluding carboxylic acids is 1. The molecule has 4 bridgehead atoms. The Hall–Kier alpha value is -1.45. The molecule has 4 aliphatic carbocycles. The van der Waals surface area contributed by atoms with Gasteiger partial charge in [-0.1, -0.05) is 0 Å². The minimum absolute atomic E-state index is 0.0427. The van der Waals surface area contributed by atoms with Crippen molar-refractivity contribution >= 4 is 6.03 Å². The van der Waals surface area contributed by atoms with Crippen molar-refractivity contribution in [1.82, 2.24) is 10.6 Å². The Bertz CT molecular complexity index is 455. The van der Waals surface area contributed by atoms with Crippen LogP contribution < -0.4 is 10.6 Å². The summed E-state index contributed by atoms with van der Waals surface area (Å²) in [6.45, 7) is 0.464. The van der Waals surface area contributed by atoms with Crippen LogP contribution in [0.2, 0.25) is 0 Å². The highest BCUT2D eigenvalue weighted by atomic mass is 16.3. The van der Waals surface area contributed by atoms with E-state index in [4.69, 9.17) is 4.42 Å². The second kappa shape index (κ2) is 4.83. The van der Waals surface area contributed by atoms with Gasteiger partial charge in [0.25, 0.3) is 0 Å². The van der Waals surface area contributed by atoms with E-state index in [2.05, 4.69) is 10.6 Å². The van der Waals surface area contributed by atoms with Gasteiger partial charge in [0.2, 0.25) is 0 Å². The first-order valence-corrected chi connectivity index (χ1v) is 7.84. The normalized spacial score (nSPS) is 37.9. The molecule has 2 amide bonds. The molecule has 4 saturated carbocycles. The first-order valence-electron chi connectivity index (χ1n) is 7.84. The van der Waals surface area contributed by atoms with E-state index in [1.165, 1.54) is 32.1 Å². The van der Waals surface area contributed by atoms with Gasteiger partial charge < -0.3 is 15.1 Å². The molecular weight excluding hydrogens is 252 g/mol. The van der Waals surface area contributed by atoms with Gasteiger partial charge in [0, 0.05) is 6.04 Å². The molecule has 4 nitrogen and oxygen atoms in total. The zero-order chi connectivity index (χ0) is 13.5. The van der Waals surface area contributed by atoms with E-state index in [0.717, 1.165) is 29.4 Å². The average molecular weight is 274 g/mol. The third kappa shape index (κ3) is 2.21. The van der Waals surface area contributed by atoms with Crippen LogP contribution in [0.1, 0.15) is 37.9 Å². The Balaban J connectivity index is 1.33. The van der Waals surface area contributed by atoms with Gasteiger partial charge in [-0.05, 0) is 67.9 Å². The molecule has 0 saturated heterocycles. The molecule has 0 spiro atoms. The van der Waals surface area contributed by atoms with E-state index >= 15 is 0 Å². The van der Waals surface area contributed by atoms with Crippen molar-refractivity contribution < 1.29 is 9.21 Å². The summed E-state index contributed by atoms with van der Waals surface area (Å²) < 4.78 is 5.23. The predicted octanol–water partition coefficient (Wildman–Crippen LogP) is 2.90. The van der Waals surface area contributed by atoms with Crippen LogP contribution >= 0.6 is 0 Å². The third-order valence-electron chi connectivity index (χ3n) is 5.53. The van der Waals surface area contributed by atoms with Crippen LogP contribution in [0, 0.1) is 23.7 Å². The van der Waals surface area contributed by atoms with Crippen LogP contribution in [-0.2, 0) is 6.54 Å². The first-order chi connectivity index (χ1) is 9.78. The highest BCUT2D eigenvalue weighted by Gasteiger charge is 2.48. The summed E-state index contributed by atoms with van der Waals surface area (Å²) in [5.41, 5.74) is 0. The fourth-order valence-electron chi connectivity index (χ4n) is 4.94. The lowest BCUT2D eigenvalue weighted by Crippen LogP contribution is -2.57. The smallest absolute Gasteiger partial charge is 0.315 e. The van der Waals surface area contributed by atoms with Crippen LogP contribution in [0.3, 0.4) is 0 Å². The molecular formula is C16H22N2O2. The van der Waals surface area contributed by atoms with Crippen molar-refractivity contribution in [1.29, 1.82) is 0 Å². The van der Waals surface area contributed by atoms with Gasteiger partial charge in [0.05, 0.1) is 12.8 Å². The van der Waals surface area contributed by atoms with Crippen molar-refractivity contribution in [3.8, 4) is 0 Å². The Morgan fingerprint density at radius 3 is 2.45 bits per heavy atom. The lowest BCUT2D eigenvalue weighted by atomic mass is 9.54. The lowest BCUT2D eigenvalue weighted by Gasteiger charge is -2.54. The van der Waals surface area contributed by atoms with Crippen molar-refractivity contribution in [3.05, 3.63) is 24.2 Å². The van der Waals surface area contributed by atoms with Crippen LogP contribution in [0.4, 0.5) is 4.79 Å². The quantitative estimate of drug-likeness (QED) is 0.890. The van der Waals surface area contributed by atoms with Gasteiger partial charge >= 0.3 is 6.03 Å². The maximum atomic E-state index is 12.1. The van der Waals surface area contributed by atoms with E-state index in [1.54, 1.807) is 6.26 Å². The van der Waals surface area contributed by atoms with E-state index in [9.17, 15) is 4.79 Å². The van der Waals surface area contributed by atoms with Crippen LogP contribution in [0.15, 0.2) is 22.8 Å². The first kappa shape index (κ1) is 12.3. The van der Waals surface area contributed by atoms with Gasteiger partial charge in [-0.2, -0.15) is 0 Å². The molecule has 1 heterocycles. The highest BCUT2D eigenvalue weighted by molar-refractivity contribution is 5.74. The zero-order valence-electron chi connectivity index (χ0n) is 11.7. The number of rotatable bonds is 3. The number of amides is 2. The van der Waals surface area contributed by atoms with Crippen molar-refractivity contribution in [2.45, 2.75) is 44.7 Å². The molecule has 20 heavy (non-hydrogen) atoms. The number of hydrogen-bond donors (Lipinski definition) is 2. The minimum Gasteiger partial charge on any atom is -0.467 e. The van der Waals surface area contributed by atoms with E-state index in [0.29, 0.717) is 12.6 Å². The average Bonchev–Trinajstić information content (AvgIpc) is 2.93. The summed E-state index contributed by atoms with van der Waals surface area (Å²) in [7, 11) is 0. The van der Waals surface area contributed by atoms with Crippen LogP contribution in [-0.4, -0.2) is 12.1 Å². The maximum absolute atomic E-state index is 12.1. The van der Waals surface area contributed by atoms with E-state index < -0.39 is 0 Å². The fraction of sp³-hybridized carbons (Fsp3) is 0.688. The van der Waals surface area contributed by atoms with Gasteiger partial charge in [-0.3, -0.25) is 0 Å². The fourth-order valence-corrected chi connectivity index (χ4v) is 4.94. The van der Waals surface area contributed by atoms with Crippen molar-refractivity contribution in [2.24, 2.45) is 23.7 Å². The Morgan fingerprint density at radius 1 is 1.15 bits per heavy atom. The zero-order valence-corrected chi connectivity index (χ0v) is 11.7. The molecule has 0 radical (unpaired) electrons. The summed E-state index contributed by atoms with van der Waals surface area (Å²) >= 11 is 0. The SMILES string of the molecule is O=C(NCc1ccco1)NC1C2CC3CC(C2)CC1C3. The second-order valence-corrected chi connectivity index (χ2v) is 6.86. The molecule has 4 aliphatic rings. The third-order valence-corrected chi connectivity index (χ3v) is 5.53. The number of nitrogens with one attached hydrogen (secondary N) is 2. The molecule has 4 heteroatoms. The summed E-state index contributed by atoms with van der Waals surface area (Å²) in [4.78, 5) is 12.1. The summed E-state index contributed by atoms with van der Waals surface area (Å²) in [5.74, 6) is 4.13. The van der Waals surface area contributed by atoms with Crippen LogP contribution in [0.5, 0.6) is 0 Å². The van der Waals surface area contributed by atoms with Gasteiger partial charge in [-0.25, -0.2) is 4.79 Å². The highest BCUT2D eigenvalue weighted by Crippen LogP contribution is 2.53. The van der Waals surface area contributed by atoms with Gasteiger partial charge in [0.15, 0.2) is 0 Å².